The number of para-hydroxylation sites is 1. The maximum atomic E-state index is 13.7. The highest BCUT2D eigenvalue weighted by molar-refractivity contribution is 6.08. The number of benzene rings is 1. The number of hydrogen-bond donors (Lipinski definition) is 2. The summed E-state index contributed by atoms with van der Waals surface area (Å²) in [6, 6.07) is 7.38. The molecule has 3 aliphatic rings. The number of anilines is 1. The van der Waals surface area contributed by atoms with E-state index in [0.29, 0.717) is 12.1 Å². The lowest BCUT2D eigenvalue weighted by atomic mass is 9.60. The summed E-state index contributed by atoms with van der Waals surface area (Å²) in [7, 11) is 1.59. The Morgan fingerprint density at radius 1 is 1.32 bits per heavy atom. The first-order chi connectivity index (χ1) is 14.9. The number of hydrogen-bond acceptors (Lipinski definition) is 5. The molecule has 3 atom stereocenters. The van der Waals surface area contributed by atoms with Crippen LogP contribution in [0, 0.1) is 5.41 Å². The fourth-order valence-corrected chi connectivity index (χ4v) is 5.46. The first-order valence-electron chi connectivity index (χ1n) is 10.3. The van der Waals surface area contributed by atoms with Crippen LogP contribution in [-0.2, 0) is 19.8 Å². The van der Waals surface area contributed by atoms with Crippen LogP contribution in [0.25, 0.3) is 6.08 Å². The predicted octanol–water partition coefficient (Wildman–Crippen LogP) is 2.34. The maximum absolute atomic E-state index is 13.7. The molecule has 0 bridgehead atoms. The smallest absolute Gasteiger partial charge is 0.272 e. The van der Waals surface area contributed by atoms with Crippen molar-refractivity contribution in [3.63, 3.8) is 0 Å². The summed E-state index contributed by atoms with van der Waals surface area (Å²) in [5.41, 5.74) is 1.82. The molecule has 0 saturated carbocycles. The van der Waals surface area contributed by atoms with E-state index in [9.17, 15) is 9.59 Å². The Bertz CT molecular complexity index is 1110. The molecule has 0 aliphatic carbocycles. The molecule has 8 heteroatoms. The van der Waals surface area contributed by atoms with Gasteiger partial charge in [0.05, 0.1) is 31.0 Å². The molecule has 3 aliphatic heterocycles. The summed E-state index contributed by atoms with van der Waals surface area (Å²) in [5, 5.41) is 4.58. The molecule has 0 unspecified atom stereocenters. The van der Waals surface area contributed by atoms with Crippen LogP contribution in [0.2, 0.25) is 0 Å². The third-order valence-electron chi connectivity index (χ3n) is 7.10. The minimum absolute atomic E-state index is 0.201. The van der Waals surface area contributed by atoms with E-state index in [4.69, 9.17) is 4.84 Å². The van der Waals surface area contributed by atoms with Crippen molar-refractivity contribution < 1.29 is 14.4 Å². The highest BCUT2D eigenvalue weighted by Gasteiger charge is 2.69. The number of piperazine rings is 1. The first kappa shape index (κ1) is 19.6. The number of amides is 2. The lowest BCUT2D eigenvalue weighted by Gasteiger charge is -2.45. The van der Waals surface area contributed by atoms with Gasteiger partial charge in [0.25, 0.3) is 5.91 Å². The van der Waals surface area contributed by atoms with E-state index in [1.165, 1.54) is 6.33 Å². The molecule has 2 aromatic rings. The molecule has 1 aromatic heterocycles. The van der Waals surface area contributed by atoms with Crippen molar-refractivity contribution in [2.24, 2.45) is 5.41 Å². The van der Waals surface area contributed by atoms with Crippen molar-refractivity contribution in [2.45, 2.75) is 37.9 Å². The van der Waals surface area contributed by atoms with Gasteiger partial charge in [-0.05, 0) is 29.5 Å². The topological polar surface area (TPSA) is 90.6 Å². The minimum atomic E-state index is -0.610. The number of fused-ring (bicyclic) bond motifs is 5. The molecule has 2 saturated heterocycles. The number of hydroxylamine groups is 1. The molecule has 31 heavy (non-hydrogen) atoms. The van der Waals surface area contributed by atoms with Crippen LogP contribution in [0.15, 0.2) is 55.1 Å². The quantitative estimate of drug-likeness (QED) is 0.586. The SMILES string of the molecule is C=CC(C)(C)[C@@]12C[C@H]3C(=O)N/C(=C/c4cnc[nH]4)C(=O)N3[C@@H]1N(OC)c1ccccc12. The monoisotopic (exact) mass is 419 g/mol. The van der Waals surface area contributed by atoms with Gasteiger partial charge in [0.1, 0.15) is 17.9 Å². The Labute approximate surface area is 180 Å². The Morgan fingerprint density at radius 2 is 2.10 bits per heavy atom. The number of aromatic nitrogens is 2. The average molecular weight is 419 g/mol. The fraction of sp³-hybridized carbons (Fsp3) is 0.348. The van der Waals surface area contributed by atoms with Gasteiger partial charge in [-0.25, -0.2) is 10.0 Å². The van der Waals surface area contributed by atoms with Crippen LogP contribution in [0.1, 0.15) is 31.5 Å². The normalized spacial score (nSPS) is 28.4. The number of allylic oxidation sites excluding steroid dienone is 1. The minimum Gasteiger partial charge on any atom is -0.345 e. The van der Waals surface area contributed by atoms with Gasteiger partial charge < -0.3 is 15.2 Å². The van der Waals surface area contributed by atoms with Crippen LogP contribution in [-0.4, -0.2) is 46.0 Å². The molecule has 2 amide bonds. The lowest BCUT2D eigenvalue weighted by Crippen LogP contribution is -2.61. The van der Waals surface area contributed by atoms with Gasteiger partial charge in [-0.2, -0.15) is 0 Å². The number of aromatic amines is 1. The van der Waals surface area contributed by atoms with E-state index in [0.717, 1.165) is 11.3 Å². The zero-order chi connectivity index (χ0) is 22.0. The Morgan fingerprint density at radius 3 is 2.77 bits per heavy atom. The third-order valence-corrected chi connectivity index (χ3v) is 7.10. The number of H-pyrrole nitrogens is 1. The highest BCUT2D eigenvalue weighted by atomic mass is 16.7. The molecule has 2 N–H and O–H groups in total. The van der Waals surface area contributed by atoms with E-state index in [2.05, 4.69) is 41.8 Å². The predicted molar refractivity (Wildman–Crippen MR) is 115 cm³/mol. The van der Waals surface area contributed by atoms with Gasteiger partial charge in [-0.3, -0.25) is 14.4 Å². The van der Waals surface area contributed by atoms with Gasteiger partial charge in [0.15, 0.2) is 0 Å². The first-order valence-corrected chi connectivity index (χ1v) is 10.3. The van der Waals surface area contributed by atoms with Crippen molar-refractivity contribution in [1.29, 1.82) is 0 Å². The van der Waals surface area contributed by atoms with Crippen LogP contribution >= 0.6 is 0 Å². The Balaban J connectivity index is 1.71. The number of imidazole rings is 1. The fourth-order valence-electron chi connectivity index (χ4n) is 5.46. The van der Waals surface area contributed by atoms with E-state index in [1.54, 1.807) is 29.3 Å². The van der Waals surface area contributed by atoms with Crippen LogP contribution < -0.4 is 10.4 Å². The summed E-state index contributed by atoms with van der Waals surface area (Å²) in [6.45, 7) is 8.30. The molecular weight excluding hydrogens is 394 g/mol. The third kappa shape index (κ3) is 2.42. The molecule has 1 aromatic carbocycles. The van der Waals surface area contributed by atoms with E-state index in [1.807, 2.05) is 24.3 Å². The average Bonchev–Trinajstić information content (AvgIpc) is 3.45. The second-order valence-corrected chi connectivity index (χ2v) is 8.78. The maximum Gasteiger partial charge on any atom is 0.272 e. The van der Waals surface area contributed by atoms with Crippen molar-refractivity contribution in [3.05, 3.63) is 66.4 Å². The van der Waals surface area contributed by atoms with Crippen LogP contribution in [0.4, 0.5) is 5.69 Å². The van der Waals surface area contributed by atoms with Crippen molar-refractivity contribution >= 4 is 23.6 Å². The summed E-state index contributed by atoms with van der Waals surface area (Å²) in [5.74, 6) is -0.451. The van der Waals surface area contributed by atoms with Gasteiger partial charge in [0, 0.05) is 5.41 Å². The number of rotatable bonds is 4. The Hall–Kier alpha value is -3.39. The van der Waals surface area contributed by atoms with Crippen molar-refractivity contribution in [2.75, 3.05) is 12.2 Å². The zero-order valence-electron chi connectivity index (χ0n) is 17.8. The summed E-state index contributed by atoms with van der Waals surface area (Å²) >= 11 is 0. The lowest BCUT2D eigenvalue weighted by molar-refractivity contribution is -0.143. The second-order valence-electron chi connectivity index (χ2n) is 8.78. The number of carbonyl (C=O) groups is 2. The number of nitrogens with zero attached hydrogens (tertiary/aromatic N) is 3. The molecular formula is C23H25N5O3. The van der Waals surface area contributed by atoms with Gasteiger partial charge in [-0.1, -0.05) is 38.1 Å². The van der Waals surface area contributed by atoms with Gasteiger partial charge >= 0.3 is 0 Å². The van der Waals surface area contributed by atoms with Crippen molar-refractivity contribution in [3.8, 4) is 0 Å². The molecule has 0 radical (unpaired) electrons. The van der Waals surface area contributed by atoms with E-state index < -0.39 is 23.0 Å². The van der Waals surface area contributed by atoms with Gasteiger partial charge in [0.2, 0.25) is 5.91 Å². The molecule has 4 heterocycles. The molecule has 5 rings (SSSR count). The largest absolute Gasteiger partial charge is 0.345 e. The summed E-state index contributed by atoms with van der Waals surface area (Å²) in [4.78, 5) is 41.3. The molecule has 2 fully saturated rings. The van der Waals surface area contributed by atoms with Crippen molar-refractivity contribution in [1.82, 2.24) is 20.2 Å². The van der Waals surface area contributed by atoms with E-state index >= 15 is 0 Å². The molecule has 0 spiro atoms. The Kier molecular flexibility index (Phi) is 4.14. The summed E-state index contributed by atoms with van der Waals surface area (Å²) < 4.78 is 0. The second kappa shape index (κ2) is 6.55. The molecule has 8 nitrogen and oxygen atoms in total. The van der Waals surface area contributed by atoms with Crippen LogP contribution in [0.3, 0.4) is 0 Å². The number of carbonyl (C=O) groups excluding carboxylic acids is 2. The number of nitrogens with one attached hydrogen (secondary N) is 2. The standard InChI is InChI=1S/C23H25N5O3/c1-5-22(2,3)23-11-18-19(29)26-16(10-14-12-24-13-25-14)20(30)27(18)21(23)28(31-4)17-9-7-6-8-15(17)23/h5-10,12-13,18,21H,1,11H2,2-4H3,(H,24,25)(H,26,29)/b16-10+/t18-,21+,23+/m0/s1. The van der Waals surface area contributed by atoms with E-state index in [-0.39, 0.29) is 17.5 Å². The highest BCUT2D eigenvalue weighted by Crippen LogP contribution is 2.62. The van der Waals surface area contributed by atoms with Crippen LogP contribution in [0.5, 0.6) is 0 Å². The zero-order valence-corrected chi connectivity index (χ0v) is 17.8. The molecule has 160 valence electrons. The van der Waals surface area contributed by atoms with Gasteiger partial charge in [-0.15, -0.1) is 6.58 Å². The summed E-state index contributed by atoms with van der Waals surface area (Å²) in [6.07, 6.45) is 6.64.